The largest absolute Gasteiger partial charge is 0.391 e. The number of aliphatic hydroxyl groups excluding tert-OH is 1. The zero-order valence-electron chi connectivity index (χ0n) is 13.0. The van der Waals surface area contributed by atoms with Crippen LogP contribution in [0.25, 0.3) is 16.3 Å². The van der Waals surface area contributed by atoms with Crippen LogP contribution in [0.3, 0.4) is 0 Å². The summed E-state index contributed by atoms with van der Waals surface area (Å²) in [6, 6.07) is 5.74. The number of nitrogens with one attached hydrogen (secondary N) is 2. The minimum Gasteiger partial charge on any atom is -0.391 e. The van der Waals surface area contributed by atoms with Gasteiger partial charge in [0.1, 0.15) is 5.70 Å². The number of hydrogen-bond acceptors (Lipinski definition) is 5. The molecule has 0 radical (unpaired) electrons. The molecule has 2 aliphatic rings. The van der Waals surface area contributed by atoms with Gasteiger partial charge in [0.05, 0.1) is 27.9 Å². The van der Waals surface area contributed by atoms with E-state index >= 15 is 0 Å². The number of benzene rings is 1. The van der Waals surface area contributed by atoms with E-state index in [-0.39, 0.29) is 11.9 Å². The number of aromatic nitrogens is 1. The van der Waals surface area contributed by atoms with Crippen LogP contribution in [0.5, 0.6) is 0 Å². The van der Waals surface area contributed by atoms with Crippen molar-refractivity contribution in [3.8, 4) is 0 Å². The monoisotopic (exact) mass is 342 g/mol. The van der Waals surface area contributed by atoms with E-state index in [1.165, 1.54) is 0 Å². The fourth-order valence-corrected chi connectivity index (χ4v) is 3.82. The number of nitrogens with zero attached hydrogens (tertiary/aromatic N) is 2. The fraction of sp³-hybridized carbons (Fsp3) is 0.353. The van der Waals surface area contributed by atoms with Gasteiger partial charge < -0.3 is 10.4 Å². The molecule has 0 spiro atoms. The van der Waals surface area contributed by atoms with Crippen LogP contribution in [0.1, 0.15) is 31.2 Å². The molecule has 1 aliphatic heterocycles. The summed E-state index contributed by atoms with van der Waals surface area (Å²) in [6.45, 7) is 0. The van der Waals surface area contributed by atoms with E-state index in [1.54, 1.807) is 17.4 Å². The van der Waals surface area contributed by atoms with Gasteiger partial charge in [-0.25, -0.2) is 9.98 Å². The van der Waals surface area contributed by atoms with Crippen molar-refractivity contribution in [1.82, 2.24) is 15.6 Å². The van der Waals surface area contributed by atoms with Crippen LogP contribution in [0, 0.1) is 0 Å². The summed E-state index contributed by atoms with van der Waals surface area (Å²) in [6.07, 6.45) is 5.09. The molecule has 1 saturated heterocycles. The minimum atomic E-state index is -0.424. The Balaban J connectivity index is 1.54. The molecule has 6 nitrogen and oxygen atoms in total. The Labute approximate surface area is 143 Å². The van der Waals surface area contributed by atoms with Gasteiger partial charge in [-0.15, -0.1) is 11.3 Å². The van der Waals surface area contributed by atoms with Crippen LogP contribution in [-0.4, -0.2) is 34.1 Å². The molecule has 7 heteroatoms. The van der Waals surface area contributed by atoms with E-state index in [2.05, 4.69) is 20.6 Å². The predicted octanol–water partition coefficient (Wildman–Crippen LogP) is 2.02. The van der Waals surface area contributed by atoms with Gasteiger partial charge in [-0.3, -0.25) is 10.1 Å². The standard InChI is InChI=1S/C17H18N4O2S/c22-14-4-2-1-3-11(14)19-17-20-13(16(23)21-17)7-10-5-6-12-15(8-10)24-9-18-12/h5-9,11,14,22H,1-4H2,(H2,19,20,21,23)/b13-7-/t11?,14-/m0/s1. The molecule has 1 saturated carbocycles. The number of carbonyl (C=O) groups excluding carboxylic acids is 1. The van der Waals surface area contributed by atoms with Crippen molar-refractivity contribution in [2.24, 2.45) is 4.99 Å². The zero-order chi connectivity index (χ0) is 16.5. The lowest BCUT2D eigenvalue weighted by Gasteiger charge is -2.24. The summed E-state index contributed by atoms with van der Waals surface area (Å²) in [5.74, 6) is 0.222. The average Bonchev–Trinajstić information content (AvgIpc) is 3.16. The maximum absolute atomic E-state index is 12.1. The van der Waals surface area contributed by atoms with Gasteiger partial charge in [-0.1, -0.05) is 18.9 Å². The molecular weight excluding hydrogens is 324 g/mol. The third-order valence-corrected chi connectivity index (χ3v) is 5.18. The SMILES string of the molecule is O=C1NC(=NC2CCCC[C@@H]2O)N/C1=C\c1ccc2ncsc2c1. The lowest BCUT2D eigenvalue weighted by atomic mass is 9.93. The number of hydrogen-bond donors (Lipinski definition) is 3. The second-order valence-electron chi connectivity index (χ2n) is 6.11. The molecule has 1 amide bonds. The summed E-state index contributed by atoms with van der Waals surface area (Å²) in [7, 11) is 0. The van der Waals surface area contributed by atoms with E-state index in [0.717, 1.165) is 41.5 Å². The maximum Gasteiger partial charge on any atom is 0.274 e. The number of carbonyl (C=O) groups is 1. The van der Waals surface area contributed by atoms with E-state index in [0.29, 0.717) is 11.7 Å². The molecule has 124 valence electrons. The summed E-state index contributed by atoms with van der Waals surface area (Å²) in [5.41, 5.74) is 4.16. The topological polar surface area (TPSA) is 86.6 Å². The van der Waals surface area contributed by atoms with Crippen molar-refractivity contribution in [2.45, 2.75) is 37.8 Å². The molecule has 1 aromatic heterocycles. The summed E-state index contributed by atoms with van der Waals surface area (Å²) in [4.78, 5) is 20.9. The van der Waals surface area contributed by atoms with Gasteiger partial charge in [0, 0.05) is 0 Å². The molecule has 4 rings (SSSR count). The first-order valence-corrected chi connectivity index (χ1v) is 8.96. The third kappa shape index (κ3) is 3.05. The van der Waals surface area contributed by atoms with Gasteiger partial charge in [0.15, 0.2) is 0 Å². The van der Waals surface area contributed by atoms with Crippen LogP contribution in [0.4, 0.5) is 0 Å². The predicted molar refractivity (Wildman–Crippen MR) is 94.6 cm³/mol. The highest BCUT2D eigenvalue weighted by atomic mass is 32.1. The Kier molecular flexibility index (Phi) is 4.03. The highest BCUT2D eigenvalue weighted by Crippen LogP contribution is 2.22. The molecule has 1 aliphatic carbocycles. The summed E-state index contributed by atoms with van der Waals surface area (Å²) < 4.78 is 1.09. The number of fused-ring (bicyclic) bond motifs is 1. The first-order valence-electron chi connectivity index (χ1n) is 8.08. The first-order chi connectivity index (χ1) is 11.7. The van der Waals surface area contributed by atoms with Crippen molar-refractivity contribution in [1.29, 1.82) is 0 Å². The average molecular weight is 342 g/mol. The van der Waals surface area contributed by atoms with E-state index in [9.17, 15) is 9.90 Å². The first kappa shape index (κ1) is 15.3. The maximum atomic E-state index is 12.1. The third-order valence-electron chi connectivity index (χ3n) is 4.38. The molecule has 1 aromatic carbocycles. The molecular formula is C17H18N4O2S. The van der Waals surface area contributed by atoms with Gasteiger partial charge in [-0.05, 0) is 36.6 Å². The molecule has 2 atom stereocenters. The number of thiazole rings is 1. The van der Waals surface area contributed by atoms with E-state index in [1.807, 2.05) is 23.7 Å². The number of amides is 1. The zero-order valence-corrected chi connectivity index (χ0v) is 13.8. The Morgan fingerprint density at radius 3 is 3.04 bits per heavy atom. The molecule has 2 aromatic rings. The molecule has 24 heavy (non-hydrogen) atoms. The quantitative estimate of drug-likeness (QED) is 0.729. The van der Waals surface area contributed by atoms with Crippen LogP contribution in [-0.2, 0) is 4.79 Å². The Hall–Kier alpha value is -2.25. The van der Waals surface area contributed by atoms with Gasteiger partial charge >= 0.3 is 0 Å². The minimum absolute atomic E-state index is 0.144. The van der Waals surface area contributed by atoms with Gasteiger partial charge in [0.2, 0.25) is 5.96 Å². The highest BCUT2D eigenvalue weighted by molar-refractivity contribution is 7.16. The second kappa shape index (κ2) is 6.33. The highest BCUT2D eigenvalue weighted by Gasteiger charge is 2.27. The van der Waals surface area contributed by atoms with Crippen LogP contribution < -0.4 is 10.6 Å². The van der Waals surface area contributed by atoms with Gasteiger partial charge in [-0.2, -0.15) is 0 Å². The van der Waals surface area contributed by atoms with Gasteiger partial charge in [0.25, 0.3) is 5.91 Å². The second-order valence-corrected chi connectivity index (χ2v) is 7.00. The lowest BCUT2D eigenvalue weighted by Crippen LogP contribution is -2.33. The smallest absolute Gasteiger partial charge is 0.274 e. The van der Waals surface area contributed by atoms with Crippen LogP contribution >= 0.6 is 11.3 Å². The number of aliphatic imine (C=N–C) groups is 1. The molecule has 2 fully saturated rings. The summed E-state index contributed by atoms with van der Waals surface area (Å²) in [5, 5.41) is 15.8. The molecule has 1 unspecified atom stereocenters. The fourth-order valence-electron chi connectivity index (χ4n) is 3.09. The molecule has 0 bridgehead atoms. The van der Waals surface area contributed by atoms with Crippen molar-refractivity contribution in [3.05, 3.63) is 35.0 Å². The Bertz CT molecular complexity index is 842. The van der Waals surface area contributed by atoms with Crippen LogP contribution in [0.15, 0.2) is 34.4 Å². The van der Waals surface area contributed by atoms with Crippen molar-refractivity contribution in [3.63, 3.8) is 0 Å². The molecule has 2 heterocycles. The molecule has 3 N–H and O–H groups in total. The Morgan fingerprint density at radius 1 is 1.29 bits per heavy atom. The van der Waals surface area contributed by atoms with Crippen molar-refractivity contribution in [2.75, 3.05) is 0 Å². The number of aliphatic hydroxyl groups is 1. The normalized spacial score (nSPS) is 27.6. The van der Waals surface area contributed by atoms with Crippen LogP contribution in [0.2, 0.25) is 0 Å². The van der Waals surface area contributed by atoms with Crippen molar-refractivity contribution < 1.29 is 9.90 Å². The number of guanidine groups is 1. The van der Waals surface area contributed by atoms with E-state index in [4.69, 9.17) is 0 Å². The Morgan fingerprint density at radius 2 is 2.17 bits per heavy atom. The number of rotatable bonds is 2. The summed E-state index contributed by atoms with van der Waals surface area (Å²) >= 11 is 1.57. The van der Waals surface area contributed by atoms with E-state index < -0.39 is 6.10 Å². The lowest BCUT2D eigenvalue weighted by molar-refractivity contribution is -0.115. The van der Waals surface area contributed by atoms with Crippen molar-refractivity contribution >= 4 is 39.5 Å².